The quantitative estimate of drug-likeness (QED) is 0.775. The fraction of sp³-hybridized carbons (Fsp3) is 0.400. The number of rotatable bonds is 5. The van der Waals surface area contributed by atoms with E-state index in [0.717, 1.165) is 0 Å². The van der Waals surface area contributed by atoms with Crippen molar-refractivity contribution in [2.24, 2.45) is 0 Å². The third-order valence-corrected chi connectivity index (χ3v) is 2.45. The first kappa shape index (κ1) is 12.4. The molecule has 1 rings (SSSR count). The lowest BCUT2D eigenvalue weighted by molar-refractivity contribution is -0.122. The highest BCUT2D eigenvalue weighted by molar-refractivity contribution is 9.10. The normalized spacial score (nSPS) is 10.7. The molecule has 0 aliphatic rings. The lowest BCUT2D eigenvalue weighted by Gasteiger charge is -2.14. The standard InChI is InChI=1S/C10H12BrFO3/c1-13-10(14-2)6-15-7-3-4-8(11)9(12)5-7/h3-5,10H,6H2,1-2H3. The molecule has 0 heterocycles. The maximum Gasteiger partial charge on any atom is 0.191 e. The van der Waals surface area contributed by atoms with Gasteiger partial charge in [0.2, 0.25) is 0 Å². The number of benzene rings is 1. The van der Waals surface area contributed by atoms with Gasteiger partial charge >= 0.3 is 0 Å². The smallest absolute Gasteiger partial charge is 0.191 e. The zero-order chi connectivity index (χ0) is 11.3. The Bertz CT molecular complexity index is 316. The summed E-state index contributed by atoms with van der Waals surface area (Å²) in [5, 5.41) is 0. The van der Waals surface area contributed by atoms with Crippen molar-refractivity contribution in [1.29, 1.82) is 0 Å². The first-order valence-corrected chi connectivity index (χ1v) is 5.10. The highest BCUT2D eigenvalue weighted by Gasteiger charge is 2.07. The minimum absolute atomic E-state index is 0.216. The molecule has 0 saturated heterocycles. The second-order valence-corrected chi connectivity index (χ2v) is 3.64. The van der Waals surface area contributed by atoms with Gasteiger partial charge < -0.3 is 14.2 Å². The minimum Gasteiger partial charge on any atom is -0.488 e. The summed E-state index contributed by atoms with van der Waals surface area (Å²) in [4.78, 5) is 0. The molecule has 0 fully saturated rings. The van der Waals surface area contributed by atoms with Gasteiger partial charge in [-0.15, -0.1) is 0 Å². The van der Waals surface area contributed by atoms with Gasteiger partial charge in [0.25, 0.3) is 0 Å². The second kappa shape index (κ2) is 6.05. The summed E-state index contributed by atoms with van der Waals surface area (Å²) in [5.74, 6) is 0.0775. The number of ether oxygens (including phenoxy) is 3. The molecule has 0 atom stereocenters. The average molecular weight is 279 g/mol. The van der Waals surface area contributed by atoms with Crippen LogP contribution in [-0.4, -0.2) is 27.1 Å². The Balaban J connectivity index is 2.54. The van der Waals surface area contributed by atoms with Crippen molar-refractivity contribution in [3.63, 3.8) is 0 Å². The SMILES string of the molecule is COC(COc1ccc(Br)c(F)c1)OC. The van der Waals surface area contributed by atoms with Crippen LogP contribution in [0.5, 0.6) is 5.75 Å². The third kappa shape index (κ3) is 3.77. The predicted octanol–water partition coefficient (Wildman–Crippen LogP) is 2.59. The van der Waals surface area contributed by atoms with E-state index in [9.17, 15) is 4.39 Å². The van der Waals surface area contributed by atoms with Crippen LogP contribution in [0.15, 0.2) is 22.7 Å². The third-order valence-electron chi connectivity index (χ3n) is 1.80. The summed E-state index contributed by atoms with van der Waals surface area (Å²) in [6.07, 6.45) is -0.447. The van der Waals surface area contributed by atoms with Crippen LogP contribution < -0.4 is 4.74 Å². The van der Waals surface area contributed by atoms with Crippen LogP contribution in [0.2, 0.25) is 0 Å². The zero-order valence-electron chi connectivity index (χ0n) is 8.50. The molecule has 0 unspecified atom stereocenters. The summed E-state index contributed by atoms with van der Waals surface area (Å²) in [6.45, 7) is 0.216. The minimum atomic E-state index is -0.447. The fourth-order valence-corrected chi connectivity index (χ4v) is 1.21. The monoisotopic (exact) mass is 278 g/mol. The van der Waals surface area contributed by atoms with Crippen molar-refractivity contribution in [2.75, 3.05) is 20.8 Å². The van der Waals surface area contributed by atoms with Crippen LogP contribution >= 0.6 is 15.9 Å². The molecule has 0 saturated carbocycles. The van der Waals surface area contributed by atoms with Crippen LogP contribution in [0.3, 0.4) is 0 Å². The van der Waals surface area contributed by atoms with Crippen LogP contribution in [0, 0.1) is 5.82 Å². The van der Waals surface area contributed by atoms with Crippen LogP contribution in [-0.2, 0) is 9.47 Å². The zero-order valence-corrected chi connectivity index (χ0v) is 10.1. The van der Waals surface area contributed by atoms with Gasteiger partial charge in [-0.3, -0.25) is 0 Å². The van der Waals surface area contributed by atoms with E-state index in [2.05, 4.69) is 15.9 Å². The van der Waals surface area contributed by atoms with E-state index in [1.165, 1.54) is 20.3 Å². The maximum atomic E-state index is 13.1. The van der Waals surface area contributed by atoms with Crippen molar-refractivity contribution in [2.45, 2.75) is 6.29 Å². The van der Waals surface area contributed by atoms with Crippen molar-refractivity contribution >= 4 is 15.9 Å². The molecule has 0 aromatic heterocycles. The highest BCUT2D eigenvalue weighted by Crippen LogP contribution is 2.21. The number of halogens is 2. The van der Waals surface area contributed by atoms with Crippen LogP contribution in [0.25, 0.3) is 0 Å². The molecule has 0 radical (unpaired) electrons. The Hall–Kier alpha value is -0.650. The number of hydrogen-bond donors (Lipinski definition) is 0. The Labute approximate surface area is 96.3 Å². The molecule has 1 aromatic rings. The molecule has 0 aliphatic carbocycles. The summed E-state index contributed by atoms with van der Waals surface area (Å²) in [6, 6.07) is 4.54. The van der Waals surface area contributed by atoms with E-state index in [4.69, 9.17) is 14.2 Å². The Kier molecular flexibility index (Phi) is 5.01. The predicted molar refractivity (Wildman–Crippen MR) is 57.4 cm³/mol. The Morgan fingerprint density at radius 3 is 2.53 bits per heavy atom. The lowest BCUT2D eigenvalue weighted by atomic mass is 10.3. The molecule has 0 N–H and O–H groups in total. The molecule has 0 aliphatic heterocycles. The molecular weight excluding hydrogens is 267 g/mol. The number of methoxy groups -OCH3 is 2. The molecule has 84 valence electrons. The summed E-state index contributed by atoms with van der Waals surface area (Å²) < 4.78 is 28.6. The second-order valence-electron chi connectivity index (χ2n) is 2.79. The summed E-state index contributed by atoms with van der Waals surface area (Å²) >= 11 is 3.06. The van der Waals surface area contributed by atoms with Gasteiger partial charge in [0.05, 0.1) is 4.47 Å². The van der Waals surface area contributed by atoms with E-state index in [-0.39, 0.29) is 12.4 Å². The van der Waals surface area contributed by atoms with Gasteiger partial charge in [0.1, 0.15) is 18.2 Å². The number of hydrogen-bond acceptors (Lipinski definition) is 3. The van der Waals surface area contributed by atoms with Crippen LogP contribution in [0.4, 0.5) is 4.39 Å². The van der Waals surface area contributed by atoms with Crippen molar-refractivity contribution in [1.82, 2.24) is 0 Å². The van der Waals surface area contributed by atoms with Crippen molar-refractivity contribution in [3.05, 3.63) is 28.5 Å². The Morgan fingerprint density at radius 2 is 2.00 bits per heavy atom. The molecule has 5 heteroatoms. The van der Waals surface area contributed by atoms with Gasteiger partial charge in [0.15, 0.2) is 6.29 Å². The van der Waals surface area contributed by atoms with Gasteiger partial charge in [-0.25, -0.2) is 4.39 Å². The van der Waals surface area contributed by atoms with Gasteiger partial charge in [-0.05, 0) is 28.1 Å². The van der Waals surface area contributed by atoms with E-state index < -0.39 is 6.29 Å². The molecular formula is C10H12BrFO3. The van der Waals surface area contributed by atoms with Crippen LogP contribution in [0.1, 0.15) is 0 Å². The van der Waals surface area contributed by atoms with Gasteiger partial charge in [-0.1, -0.05) is 0 Å². The highest BCUT2D eigenvalue weighted by atomic mass is 79.9. The van der Waals surface area contributed by atoms with Gasteiger partial charge in [0, 0.05) is 20.3 Å². The fourth-order valence-electron chi connectivity index (χ4n) is 0.963. The largest absolute Gasteiger partial charge is 0.488 e. The summed E-state index contributed by atoms with van der Waals surface area (Å²) in [5.41, 5.74) is 0. The molecule has 0 amide bonds. The first-order valence-electron chi connectivity index (χ1n) is 4.30. The molecule has 3 nitrogen and oxygen atoms in total. The van der Waals surface area contributed by atoms with Gasteiger partial charge in [-0.2, -0.15) is 0 Å². The van der Waals surface area contributed by atoms with E-state index in [0.29, 0.717) is 10.2 Å². The molecule has 0 bridgehead atoms. The Morgan fingerprint density at radius 1 is 1.33 bits per heavy atom. The van der Waals surface area contributed by atoms with E-state index >= 15 is 0 Å². The maximum absolute atomic E-state index is 13.1. The van der Waals surface area contributed by atoms with E-state index in [1.54, 1.807) is 12.1 Å². The first-order chi connectivity index (χ1) is 7.17. The average Bonchev–Trinajstić information content (AvgIpc) is 2.24. The van der Waals surface area contributed by atoms with Crippen molar-refractivity contribution < 1.29 is 18.6 Å². The van der Waals surface area contributed by atoms with E-state index in [1.807, 2.05) is 0 Å². The topological polar surface area (TPSA) is 27.7 Å². The van der Waals surface area contributed by atoms with Crippen molar-refractivity contribution in [3.8, 4) is 5.75 Å². The molecule has 15 heavy (non-hydrogen) atoms. The summed E-state index contributed by atoms with van der Waals surface area (Å²) in [7, 11) is 3.03. The molecule has 0 spiro atoms. The lowest BCUT2D eigenvalue weighted by Crippen LogP contribution is -2.22. The molecule has 1 aromatic carbocycles.